The number of ether oxygens (including phenoxy) is 2. The molecule has 3 heterocycles. The van der Waals surface area contributed by atoms with E-state index in [9.17, 15) is 4.79 Å². The van der Waals surface area contributed by atoms with Gasteiger partial charge in [0, 0.05) is 18.1 Å². The number of rotatable bonds is 4. The van der Waals surface area contributed by atoms with Crippen LogP contribution < -0.4 is 4.74 Å². The first-order valence-corrected chi connectivity index (χ1v) is 9.18. The van der Waals surface area contributed by atoms with Crippen molar-refractivity contribution >= 4 is 17.3 Å². The van der Waals surface area contributed by atoms with Crippen molar-refractivity contribution in [3.63, 3.8) is 0 Å². The number of thiazole rings is 1. The van der Waals surface area contributed by atoms with Gasteiger partial charge in [0.25, 0.3) is 0 Å². The lowest BCUT2D eigenvalue weighted by Gasteiger charge is -2.02. The fraction of sp³-hybridized carbons (Fsp3) is 0.316. The van der Waals surface area contributed by atoms with Crippen LogP contribution in [0.4, 0.5) is 0 Å². The number of esters is 1. The Morgan fingerprint density at radius 3 is 2.96 bits per heavy atom. The molecule has 0 saturated heterocycles. The van der Waals surface area contributed by atoms with Crippen molar-refractivity contribution in [2.24, 2.45) is 0 Å². The van der Waals surface area contributed by atoms with Crippen LogP contribution in [0.25, 0.3) is 11.3 Å². The van der Waals surface area contributed by atoms with E-state index in [0.717, 1.165) is 28.3 Å². The molecule has 0 N–H and O–H groups in total. The van der Waals surface area contributed by atoms with Gasteiger partial charge in [-0.05, 0) is 44.5 Å². The van der Waals surface area contributed by atoms with Crippen molar-refractivity contribution in [1.82, 2.24) is 10.1 Å². The standard InChI is InChI=1S/C19H18N2O4S/c1-10-6-14-7-13(4-5-16(14)24-10)17-8-15(21-25-17)9-23-19(22)18-11(2)20-12(3)26-18/h4-5,7-8,10H,6,9H2,1-3H3/t10-/m0/s1. The zero-order chi connectivity index (χ0) is 18.3. The molecule has 0 fully saturated rings. The number of carbonyl (C=O) groups excluding carboxylic acids is 1. The average molecular weight is 370 g/mol. The molecule has 3 aromatic rings. The smallest absolute Gasteiger partial charge is 0.350 e. The molecule has 0 spiro atoms. The minimum atomic E-state index is -0.388. The van der Waals surface area contributed by atoms with Crippen LogP contribution in [0.1, 0.15) is 38.6 Å². The summed E-state index contributed by atoms with van der Waals surface area (Å²) in [6, 6.07) is 7.74. The highest BCUT2D eigenvalue weighted by Crippen LogP contribution is 2.33. The van der Waals surface area contributed by atoms with Crippen molar-refractivity contribution in [3.05, 3.63) is 51.1 Å². The molecule has 26 heavy (non-hydrogen) atoms. The first kappa shape index (κ1) is 16.8. The maximum absolute atomic E-state index is 12.2. The fourth-order valence-electron chi connectivity index (χ4n) is 3.02. The second kappa shape index (κ2) is 6.57. The van der Waals surface area contributed by atoms with Crippen LogP contribution in [-0.4, -0.2) is 22.2 Å². The number of nitrogens with zero attached hydrogens (tertiary/aromatic N) is 2. The topological polar surface area (TPSA) is 74.5 Å². The Morgan fingerprint density at radius 2 is 2.19 bits per heavy atom. The lowest BCUT2D eigenvalue weighted by Crippen LogP contribution is -2.05. The van der Waals surface area contributed by atoms with Gasteiger partial charge in [0.1, 0.15) is 29.0 Å². The molecule has 1 aliphatic rings. The molecule has 0 unspecified atom stereocenters. The minimum Gasteiger partial charge on any atom is -0.490 e. The number of aromatic nitrogens is 2. The van der Waals surface area contributed by atoms with Crippen LogP contribution in [0.2, 0.25) is 0 Å². The zero-order valence-electron chi connectivity index (χ0n) is 14.7. The predicted octanol–water partition coefficient (Wildman–Crippen LogP) is 4.10. The summed E-state index contributed by atoms with van der Waals surface area (Å²) in [6.45, 7) is 5.77. The third-order valence-electron chi connectivity index (χ3n) is 4.18. The molecule has 0 saturated carbocycles. The van der Waals surface area contributed by atoms with Gasteiger partial charge in [-0.2, -0.15) is 0 Å². The summed E-state index contributed by atoms with van der Waals surface area (Å²) in [7, 11) is 0. The van der Waals surface area contributed by atoms with Crippen molar-refractivity contribution in [1.29, 1.82) is 0 Å². The molecule has 1 atom stereocenters. The third-order valence-corrected chi connectivity index (χ3v) is 5.23. The number of aryl methyl sites for hydroxylation is 2. The molecule has 2 aromatic heterocycles. The number of carbonyl (C=O) groups is 1. The molecule has 134 valence electrons. The summed E-state index contributed by atoms with van der Waals surface area (Å²) in [4.78, 5) is 16.9. The number of hydrogen-bond acceptors (Lipinski definition) is 7. The summed E-state index contributed by atoms with van der Waals surface area (Å²) >= 11 is 1.33. The van der Waals surface area contributed by atoms with Gasteiger partial charge in [-0.1, -0.05) is 5.16 Å². The van der Waals surface area contributed by atoms with E-state index in [1.165, 1.54) is 11.3 Å². The summed E-state index contributed by atoms with van der Waals surface area (Å²) in [5, 5.41) is 4.84. The SMILES string of the molecule is Cc1nc(C)c(C(=O)OCc2cc(-c3ccc4c(c3)C[C@H](C)O4)on2)s1. The zero-order valence-corrected chi connectivity index (χ0v) is 15.6. The molecule has 0 radical (unpaired) electrons. The van der Waals surface area contributed by atoms with E-state index < -0.39 is 0 Å². The second-order valence-electron chi connectivity index (χ2n) is 6.36. The number of benzene rings is 1. The molecule has 7 heteroatoms. The van der Waals surface area contributed by atoms with E-state index in [1.54, 1.807) is 13.0 Å². The van der Waals surface area contributed by atoms with Crippen molar-refractivity contribution in [2.75, 3.05) is 0 Å². The Hall–Kier alpha value is -2.67. The van der Waals surface area contributed by atoms with Gasteiger partial charge in [-0.3, -0.25) is 0 Å². The van der Waals surface area contributed by atoms with Crippen LogP contribution in [0.3, 0.4) is 0 Å². The second-order valence-corrected chi connectivity index (χ2v) is 7.56. The third kappa shape index (κ3) is 3.22. The minimum absolute atomic E-state index is 0.0593. The fourth-order valence-corrected chi connectivity index (χ4v) is 3.83. The van der Waals surface area contributed by atoms with Gasteiger partial charge in [-0.25, -0.2) is 9.78 Å². The summed E-state index contributed by atoms with van der Waals surface area (Å²) in [6.07, 6.45) is 1.08. The van der Waals surface area contributed by atoms with Gasteiger partial charge in [0.15, 0.2) is 5.76 Å². The quantitative estimate of drug-likeness (QED) is 0.644. The molecular formula is C19H18N2O4S. The van der Waals surface area contributed by atoms with Crippen LogP contribution in [-0.2, 0) is 17.8 Å². The van der Waals surface area contributed by atoms with E-state index in [2.05, 4.69) is 16.2 Å². The first-order chi connectivity index (χ1) is 12.5. The van der Waals surface area contributed by atoms with Gasteiger partial charge < -0.3 is 14.0 Å². The maximum atomic E-state index is 12.2. The van der Waals surface area contributed by atoms with Gasteiger partial charge in [0.05, 0.1) is 10.7 Å². The van der Waals surface area contributed by atoms with Crippen molar-refractivity contribution in [3.8, 4) is 17.1 Å². The van der Waals surface area contributed by atoms with E-state index in [4.69, 9.17) is 14.0 Å². The van der Waals surface area contributed by atoms with Gasteiger partial charge >= 0.3 is 5.97 Å². The molecule has 4 rings (SSSR count). The molecule has 6 nitrogen and oxygen atoms in total. The monoisotopic (exact) mass is 370 g/mol. The average Bonchev–Trinajstić information content (AvgIpc) is 3.29. The van der Waals surface area contributed by atoms with Crippen molar-refractivity contribution in [2.45, 2.75) is 39.9 Å². The highest BCUT2D eigenvalue weighted by Gasteiger charge is 2.20. The van der Waals surface area contributed by atoms with Crippen LogP contribution in [0.15, 0.2) is 28.8 Å². The summed E-state index contributed by atoms with van der Waals surface area (Å²) in [5.41, 5.74) is 3.35. The van der Waals surface area contributed by atoms with Crippen molar-refractivity contribution < 1.29 is 18.8 Å². The van der Waals surface area contributed by atoms with Crippen LogP contribution >= 0.6 is 11.3 Å². The number of fused-ring (bicyclic) bond motifs is 1. The molecular weight excluding hydrogens is 352 g/mol. The molecule has 0 bridgehead atoms. The molecule has 0 aliphatic carbocycles. The van der Waals surface area contributed by atoms with E-state index in [-0.39, 0.29) is 18.7 Å². The Morgan fingerprint density at radius 1 is 1.35 bits per heavy atom. The number of hydrogen-bond donors (Lipinski definition) is 0. The predicted molar refractivity (Wildman–Crippen MR) is 96.4 cm³/mol. The largest absolute Gasteiger partial charge is 0.490 e. The van der Waals surface area contributed by atoms with Crippen LogP contribution in [0.5, 0.6) is 5.75 Å². The lowest BCUT2D eigenvalue weighted by atomic mass is 10.1. The summed E-state index contributed by atoms with van der Waals surface area (Å²) in [5.74, 6) is 1.18. The molecule has 1 aliphatic heterocycles. The molecule has 0 amide bonds. The normalized spacial score (nSPS) is 15.6. The maximum Gasteiger partial charge on any atom is 0.350 e. The Kier molecular flexibility index (Phi) is 4.24. The Bertz CT molecular complexity index is 976. The lowest BCUT2D eigenvalue weighted by molar-refractivity contribution is 0.0469. The summed E-state index contributed by atoms with van der Waals surface area (Å²) < 4.78 is 16.5. The van der Waals surface area contributed by atoms with E-state index >= 15 is 0 Å². The van der Waals surface area contributed by atoms with E-state index in [0.29, 0.717) is 22.0 Å². The highest BCUT2D eigenvalue weighted by molar-refractivity contribution is 7.13. The van der Waals surface area contributed by atoms with Gasteiger partial charge in [-0.15, -0.1) is 11.3 Å². The van der Waals surface area contributed by atoms with E-state index in [1.807, 2.05) is 26.0 Å². The molecule has 1 aromatic carbocycles. The Labute approximate surface area is 154 Å². The first-order valence-electron chi connectivity index (χ1n) is 8.36. The van der Waals surface area contributed by atoms with Gasteiger partial charge in [0.2, 0.25) is 0 Å². The Balaban J connectivity index is 1.45. The highest BCUT2D eigenvalue weighted by atomic mass is 32.1. The van der Waals surface area contributed by atoms with Crippen LogP contribution in [0, 0.1) is 13.8 Å².